The van der Waals surface area contributed by atoms with E-state index in [9.17, 15) is 9.59 Å². The Kier molecular flexibility index (Phi) is 6.19. The quantitative estimate of drug-likeness (QED) is 0.509. The second-order valence-corrected chi connectivity index (χ2v) is 2.45. The van der Waals surface area contributed by atoms with Crippen LogP contribution in [0.3, 0.4) is 0 Å². The minimum absolute atomic E-state index is 0.0463. The lowest BCUT2D eigenvalue weighted by Crippen LogP contribution is -2.16. The molecule has 14 heavy (non-hydrogen) atoms. The number of nitrogens with one attached hydrogen (secondary N) is 1. The zero-order chi connectivity index (χ0) is 11.0. The van der Waals surface area contributed by atoms with E-state index < -0.39 is 11.9 Å². The summed E-state index contributed by atoms with van der Waals surface area (Å²) in [6.45, 7) is 3.39. The van der Waals surface area contributed by atoms with Crippen molar-refractivity contribution in [3.63, 3.8) is 0 Å². The standard InChI is InChI=1S/C9H15NO4/c1-4-13-9(12)5-8(10-3)6-14-7(2)11/h5,10H,4,6H2,1-3H3. The lowest BCUT2D eigenvalue weighted by atomic mass is 10.4. The Morgan fingerprint density at radius 2 is 2.00 bits per heavy atom. The summed E-state index contributed by atoms with van der Waals surface area (Å²) in [7, 11) is 1.63. The van der Waals surface area contributed by atoms with Crippen LogP contribution in [0, 0.1) is 0 Å². The molecule has 0 heterocycles. The second-order valence-electron chi connectivity index (χ2n) is 2.45. The molecule has 0 aliphatic heterocycles. The first-order valence-electron chi connectivity index (χ1n) is 4.28. The van der Waals surface area contributed by atoms with Crippen molar-refractivity contribution in [1.29, 1.82) is 0 Å². The van der Waals surface area contributed by atoms with Crippen LogP contribution in [0.15, 0.2) is 11.8 Å². The molecule has 0 saturated carbocycles. The van der Waals surface area contributed by atoms with Crippen molar-refractivity contribution in [2.24, 2.45) is 0 Å². The molecule has 0 rings (SSSR count). The number of rotatable bonds is 5. The van der Waals surface area contributed by atoms with Crippen LogP contribution in [0.2, 0.25) is 0 Å². The maximum atomic E-state index is 11.0. The summed E-state index contributed by atoms with van der Waals surface area (Å²) < 4.78 is 9.38. The fraction of sp³-hybridized carbons (Fsp3) is 0.556. The van der Waals surface area contributed by atoms with E-state index in [0.717, 1.165) is 0 Å². The second kappa shape index (κ2) is 6.94. The summed E-state index contributed by atoms with van der Waals surface area (Å²) in [5.74, 6) is -0.848. The van der Waals surface area contributed by atoms with E-state index in [1.165, 1.54) is 13.0 Å². The normalized spacial score (nSPS) is 10.6. The molecule has 0 radical (unpaired) electrons. The van der Waals surface area contributed by atoms with Gasteiger partial charge in [0.05, 0.1) is 12.3 Å². The smallest absolute Gasteiger partial charge is 0.332 e. The van der Waals surface area contributed by atoms with Crippen LogP contribution in [0.4, 0.5) is 0 Å². The van der Waals surface area contributed by atoms with Crippen LogP contribution in [0.25, 0.3) is 0 Å². The predicted molar refractivity (Wildman–Crippen MR) is 50.4 cm³/mol. The highest BCUT2D eigenvalue weighted by Gasteiger charge is 2.02. The first kappa shape index (κ1) is 12.5. The minimum Gasteiger partial charge on any atom is -0.463 e. The van der Waals surface area contributed by atoms with Crippen LogP contribution >= 0.6 is 0 Å². The average Bonchev–Trinajstić information content (AvgIpc) is 2.12. The van der Waals surface area contributed by atoms with Crippen molar-refractivity contribution in [1.82, 2.24) is 5.32 Å². The van der Waals surface area contributed by atoms with E-state index in [0.29, 0.717) is 12.3 Å². The van der Waals surface area contributed by atoms with Gasteiger partial charge in [0, 0.05) is 20.0 Å². The van der Waals surface area contributed by atoms with Crippen molar-refractivity contribution in [2.75, 3.05) is 20.3 Å². The molecule has 5 nitrogen and oxygen atoms in total. The van der Waals surface area contributed by atoms with Gasteiger partial charge in [-0.25, -0.2) is 4.79 Å². The largest absolute Gasteiger partial charge is 0.463 e. The van der Waals surface area contributed by atoms with Crippen molar-refractivity contribution in [3.05, 3.63) is 11.8 Å². The monoisotopic (exact) mass is 201 g/mol. The van der Waals surface area contributed by atoms with E-state index in [1.807, 2.05) is 0 Å². The number of hydrogen-bond donors (Lipinski definition) is 1. The number of esters is 2. The van der Waals surface area contributed by atoms with Gasteiger partial charge in [-0.15, -0.1) is 0 Å². The Bertz CT molecular complexity index is 235. The summed E-state index contributed by atoms with van der Waals surface area (Å²) in [4.78, 5) is 21.5. The number of likely N-dealkylation sites (N-methyl/N-ethyl adjacent to an activating group) is 1. The van der Waals surface area contributed by atoms with Crippen LogP contribution in [0.5, 0.6) is 0 Å². The Morgan fingerprint density at radius 1 is 1.36 bits per heavy atom. The number of carbonyl (C=O) groups is 2. The zero-order valence-electron chi connectivity index (χ0n) is 8.62. The van der Waals surface area contributed by atoms with E-state index in [-0.39, 0.29) is 6.61 Å². The third-order valence-corrected chi connectivity index (χ3v) is 1.33. The fourth-order valence-electron chi connectivity index (χ4n) is 0.692. The molecule has 1 N–H and O–H groups in total. The fourth-order valence-corrected chi connectivity index (χ4v) is 0.692. The Hall–Kier alpha value is -1.52. The summed E-state index contributed by atoms with van der Waals surface area (Å²) in [6, 6.07) is 0. The van der Waals surface area contributed by atoms with Gasteiger partial charge in [-0.1, -0.05) is 0 Å². The molecule has 5 heteroatoms. The van der Waals surface area contributed by atoms with Gasteiger partial charge >= 0.3 is 11.9 Å². The highest BCUT2D eigenvalue weighted by atomic mass is 16.5. The lowest BCUT2D eigenvalue weighted by Gasteiger charge is -2.06. The van der Waals surface area contributed by atoms with Crippen LogP contribution in [-0.4, -0.2) is 32.2 Å². The minimum atomic E-state index is -0.455. The van der Waals surface area contributed by atoms with Crippen LogP contribution < -0.4 is 5.32 Å². The molecule has 0 bridgehead atoms. The lowest BCUT2D eigenvalue weighted by molar-refractivity contribution is -0.141. The van der Waals surface area contributed by atoms with Gasteiger partial charge < -0.3 is 14.8 Å². The van der Waals surface area contributed by atoms with Crippen LogP contribution in [-0.2, 0) is 19.1 Å². The number of hydrogen-bond acceptors (Lipinski definition) is 5. The predicted octanol–water partition coefficient (Wildman–Crippen LogP) is 0.216. The molecule has 0 amide bonds. The summed E-state index contributed by atoms with van der Waals surface area (Å²) in [5, 5.41) is 2.73. The Morgan fingerprint density at radius 3 is 2.43 bits per heavy atom. The molecule has 0 aromatic carbocycles. The van der Waals surface area contributed by atoms with Crippen LogP contribution in [0.1, 0.15) is 13.8 Å². The molecule has 0 spiro atoms. The zero-order valence-corrected chi connectivity index (χ0v) is 8.62. The van der Waals surface area contributed by atoms with Crippen molar-refractivity contribution in [3.8, 4) is 0 Å². The van der Waals surface area contributed by atoms with Crippen molar-refractivity contribution in [2.45, 2.75) is 13.8 Å². The summed E-state index contributed by atoms with van der Waals surface area (Å²) >= 11 is 0. The third-order valence-electron chi connectivity index (χ3n) is 1.33. The van der Waals surface area contributed by atoms with E-state index >= 15 is 0 Å². The molecule has 0 aliphatic carbocycles. The Labute approximate surface area is 83.1 Å². The molecule has 0 aromatic rings. The molecule has 0 saturated heterocycles. The molecular formula is C9H15NO4. The highest BCUT2D eigenvalue weighted by Crippen LogP contribution is 1.92. The Balaban J connectivity index is 4.10. The van der Waals surface area contributed by atoms with E-state index in [1.54, 1.807) is 14.0 Å². The third kappa shape index (κ3) is 6.05. The molecule has 80 valence electrons. The topological polar surface area (TPSA) is 64.6 Å². The molecule has 0 atom stereocenters. The maximum Gasteiger partial charge on any atom is 0.332 e. The van der Waals surface area contributed by atoms with E-state index in [4.69, 9.17) is 4.74 Å². The van der Waals surface area contributed by atoms with Gasteiger partial charge in [0.15, 0.2) is 0 Å². The SMILES string of the molecule is CCOC(=O)C=C(COC(C)=O)NC. The highest BCUT2D eigenvalue weighted by molar-refractivity contribution is 5.82. The van der Waals surface area contributed by atoms with Gasteiger partial charge in [-0.3, -0.25) is 4.79 Å². The number of ether oxygens (including phenoxy) is 2. The first-order valence-corrected chi connectivity index (χ1v) is 4.28. The first-order chi connectivity index (χ1) is 6.60. The molecule has 0 aliphatic rings. The molecule has 0 aromatic heterocycles. The van der Waals surface area contributed by atoms with Gasteiger partial charge in [0.1, 0.15) is 6.61 Å². The molecule has 0 fully saturated rings. The summed E-state index contributed by atoms with van der Waals surface area (Å²) in [6.07, 6.45) is 1.26. The van der Waals surface area contributed by atoms with E-state index in [2.05, 4.69) is 10.1 Å². The van der Waals surface area contributed by atoms with Gasteiger partial charge in [-0.05, 0) is 6.92 Å². The van der Waals surface area contributed by atoms with Crippen molar-refractivity contribution >= 4 is 11.9 Å². The number of carbonyl (C=O) groups excluding carboxylic acids is 2. The summed E-state index contributed by atoms with van der Waals surface area (Å²) in [5.41, 5.74) is 0.499. The molecular weight excluding hydrogens is 186 g/mol. The van der Waals surface area contributed by atoms with Crippen molar-refractivity contribution < 1.29 is 19.1 Å². The van der Waals surface area contributed by atoms with Gasteiger partial charge in [-0.2, -0.15) is 0 Å². The van der Waals surface area contributed by atoms with Gasteiger partial charge in [0.25, 0.3) is 0 Å². The average molecular weight is 201 g/mol. The molecule has 0 unspecified atom stereocenters. The van der Waals surface area contributed by atoms with Gasteiger partial charge in [0.2, 0.25) is 0 Å². The maximum absolute atomic E-state index is 11.0.